The molecule has 2 atom stereocenters. The number of carbonyl (C=O) groups is 1. The Morgan fingerprint density at radius 2 is 2.06 bits per heavy atom. The Morgan fingerprint density at radius 3 is 2.50 bits per heavy atom. The second-order valence-electron chi connectivity index (χ2n) is 4.53. The molecule has 0 aliphatic heterocycles. The maximum absolute atomic E-state index is 11.4. The van der Waals surface area contributed by atoms with Gasteiger partial charge in [0.1, 0.15) is 0 Å². The van der Waals surface area contributed by atoms with E-state index in [1.165, 1.54) is 0 Å². The molecule has 3 nitrogen and oxygen atoms in total. The average Bonchev–Trinajstić information content (AvgIpc) is 2.31. The average molecular weight is 287 g/mol. The summed E-state index contributed by atoms with van der Waals surface area (Å²) >= 11 is 7.54. The van der Waals surface area contributed by atoms with Crippen LogP contribution < -0.4 is 11.1 Å². The molecule has 0 aromatic heterocycles. The van der Waals surface area contributed by atoms with Crippen molar-refractivity contribution in [1.29, 1.82) is 0 Å². The van der Waals surface area contributed by atoms with Crippen molar-refractivity contribution >= 4 is 29.3 Å². The molecular formula is C13H19ClN2OS. The van der Waals surface area contributed by atoms with Crippen LogP contribution >= 0.6 is 23.4 Å². The van der Waals surface area contributed by atoms with E-state index in [9.17, 15) is 4.79 Å². The molecule has 0 bridgehead atoms. The van der Waals surface area contributed by atoms with Gasteiger partial charge in [0.05, 0.1) is 5.54 Å². The third-order valence-electron chi connectivity index (χ3n) is 2.94. The Kier molecular flexibility index (Phi) is 5.50. The molecule has 0 aliphatic carbocycles. The van der Waals surface area contributed by atoms with E-state index in [0.29, 0.717) is 6.42 Å². The molecule has 2 unspecified atom stereocenters. The molecule has 0 aliphatic rings. The summed E-state index contributed by atoms with van der Waals surface area (Å²) < 4.78 is 0. The zero-order chi connectivity index (χ0) is 13.8. The summed E-state index contributed by atoms with van der Waals surface area (Å²) in [4.78, 5) is 12.6. The van der Waals surface area contributed by atoms with Crippen LogP contribution in [-0.4, -0.2) is 23.7 Å². The fraction of sp³-hybridized carbons (Fsp3) is 0.462. The van der Waals surface area contributed by atoms with Gasteiger partial charge in [0, 0.05) is 15.2 Å². The Balaban J connectivity index is 2.63. The van der Waals surface area contributed by atoms with Gasteiger partial charge >= 0.3 is 0 Å². The standard InChI is InChI=1S/C13H19ClN2OS/c1-9(8-13(2,16-3)12(15)17)18-11-6-4-10(14)5-7-11/h4-7,9,16H,8H2,1-3H3,(H2,15,17). The maximum atomic E-state index is 11.4. The van der Waals surface area contributed by atoms with Crippen molar-refractivity contribution in [2.45, 2.75) is 36.0 Å². The van der Waals surface area contributed by atoms with Crippen molar-refractivity contribution in [3.63, 3.8) is 0 Å². The summed E-state index contributed by atoms with van der Waals surface area (Å²) in [6.45, 7) is 3.91. The Hall–Kier alpha value is -0.710. The highest BCUT2D eigenvalue weighted by molar-refractivity contribution is 7.99. The third-order valence-corrected chi connectivity index (χ3v) is 4.31. The first-order chi connectivity index (χ1) is 8.37. The second-order valence-corrected chi connectivity index (χ2v) is 6.48. The van der Waals surface area contributed by atoms with E-state index in [-0.39, 0.29) is 11.2 Å². The fourth-order valence-corrected chi connectivity index (χ4v) is 2.99. The van der Waals surface area contributed by atoms with Crippen molar-refractivity contribution < 1.29 is 4.79 Å². The minimum atomic E-state index is -0.668. The first kappa shape index (κ1) is 15.3. The molecule has 1 aromatic carbocycles. The minimum Gasteiger partial charge on any atom is -0.368 e. The Labute approximate surface area is 117 Å². The Morgan fingerprint density at radius 1 is 1.50 bits per heavy atom. The van der Waals surface area contributed by atoms with Crippen molar-refractivity contribution in [2.24, 2.45) is 5.73 Å². The fourth-order valence-electron chi connectivity index (χ4n) is 1.69. The molecule has 1 rings (SSSR count). The molecule has 0 heterocycles. The normalized spacial score (nSPS) is 16.0. The predicted octanol–water partition coefficient (Wildman–Crippen LogP) is 2.67. The number of benzene rings is 1. The molecule has 0 saturated carbocycles. The molecule has 0 radical (unpaired) electrons. The molecule has 100 valence electrons. The first-order valence-electron chi connectivity index (χ1n) is 5.78. The number of hydrogen-bond donors (Lipinski definition) is 2. The molecule has 5 heteroatoms. The number of carbonyl (C=O) groups excluding carboxylic acids is 1. The molecule has 3 N–H and O–H groups in total. The van der Waals surface area contributed by atoms with Gasteiger partial charge in [0.15, 0.2) is 0 Å². The Bertz CT molecular complexity index is 410. The van der Waals surface area contributed by atoms with Crippen LogP contribution in [0.1, 0.15) is 20.3 Å². The summed E-state index contributed by atoms with van der Waals surface area (Å²) in [6.07, 6.45) is 0.673. The van der Waals surface area contributed by atoms with E-state index < -0.39 is 5.54 Å². The molecule has 1 aromatic rings. The number of halogens is 1. The van der Waals surface area contributed by atoms with Gasteiger partial charge < -0.3 is 11.1 Å². The van der Waals surface area contributed by atoms with Gasteiger partial charge in [-0.1, -0.05) is 18.5 Å². The van der Waals surface area contributed by atoms with Gasteiger partial charge in [0.25, 0.3) is 0 Å². The highest BCUT2D eigenvalue weighted by atomic mass is 35.5. The monoisotopic (exact) mass is 286 g/mol. The van der Waals surface area contributed by atoms with Crippen LogP contribution in [0.15, 0.2) is 29.2 Å². The molecule has 0 saturated heterocycles. The largest absolute Gasteiger partial charge is 0.368 e. The van der Waals surface area contributed by atoms with Crippen molar-refractivity contribution in [3.8, 4) is 0 Å². The lowest BCUT2D eigenvalue weighted by Gasteiger charge is -2.28. The first-order valence-corrected chi connectivity index (χ1v) is 7.04. The summed E-state index contributed by atoms with van der Waals surface area (Å²) in [7, 11) is 1.75. The number of nitrogens with two attached hydrogens (primary N) is 1. The van der Waals surface area contributed by atoms with Crippen molar-refractivity contribution in [2.75, 3.05) is 7.05 Å². The summed E-state index contributed by atoms with van der Waals surface area (Å²) in [5.41, 5.74) is 4.75. The van der Waals surface area contributed by atoms with E-state index in [1.54, 1.807) is 18.8 Å². The summed E-state index contributed by atoms with van der Waals surface area (Å²) in [5.74, 6) is -0.325. The van der Waals surface area contributed by atoms with E-state index in [0.717, 1.165) is 9.92 Å². The molecular weight excluding hydrogens is 268 g/mol. The zero-order valence-corrected chi connectivity index (χ0v) is 12.4. The number of primary amides is 1. The number of thioether (sulfide) groups is 1. The molecule has 18 heavy (non-hydrogen) atoms. The highest BCUT2D eigenvalue weighted by Crippen LogP contribution is 2.29. The second kappa shape index (κ2) is 6.45. The molecule has 0 fully saturated rings. The zero-order valence-electron chi connectivity index (χ0n) is 10.9. The van der Waals surface area contributed by atoms with Gasteiger partial charge in [-0.25, -0.2) is 0 Å². The number of amides is 1. The number of nitrogens with one attached hydrogen (secondary N) is 1. The predicted molar refractivity (Wildman–Crippen MR) is 78.0 cm³/mol. The number of hydrogen-bond acceptors (Lipinski definition) is 3. The van der Waals surface area contributed by atoms with E-state index in [1.807, 2.05) is 31.2 Å². The van der Waals surface area contributed by atoms with Crippen LogP contribution in [0.3, 0.4) is 0 Å². The number of rotatable bonds is 6. The van der Waals surface area contributed by atoms with Gasteiger partial charge in [-0.3, -0.25) is 4.79 Å². The lowest BCUT2D eigenvalue weighted by molar-refractivity contribution is -0.123. The number of likely N-dealkylation sites (N-methyl/N-ethyl adjacent to an activating group) is 1. The van der Waals surface area contributed by atoms with Crippen LogP contribution in [0.4, 0.5) is 0 Å². The molecule has 1 amide bonds. The molecule has 0 spiro atoms. The van der Waals surface area contributed by atoms with Crippen molar-refractivity contribution in [1.82, 2.24) is 5.32 Å². The van der Waals surface area contributed by atoms with Crippen LogP contribution in [-0.2, 0) is 4.79 Å². The lowest BCUT2D eigenvalue weighted by atomic mass is 9.95. The smallest absolute Gasteiger partial charge is 0.237 e. The topological polar surface area (TPSA) is 55.1 Å². The van der Waals surface area contributed by atoms with E-state index in [4.69, 9.17) is 17.3 Å². The maximum Gasteiger partial charge on any atom is 0.237 e. The van der Waals surface area contributed by atoms with Crippen LogP contribution in [0.25, 0.3) is 0 Å². The van der Waals surface area contributed by atoms with Gasteiger partial charge in [-0.05, 0) is 44.7 Å². The van der Waals surface area contributed by atoms with Crippen molar-refractivity contribution in [3.05, 3.63) is 29.3 Å². The lowest BCUT2D eigenvalue weighted by Crippen LogP contribution is -2.52. The van der Waals surface area contributed by atoms with Gasteiger partial charge in [0.2, 0.25) is 5.91 Å². The van der Waals surface area contributed by atoms with E-state index >= 15 is 0 Å². The van der Waals surface area contributed by atoms with Crippen LogP contribution in [0.5, 0.6) is 0 Å². The highest BCUT2D eigenvalue weighted by Gasteiger charge is 2.31. The SMILES string of the molecule is CNC(C)(CC(C)Sc1ccc(Cl)cc1)C(N)=O. The third kappa shape index (κ3) is 4.19. The summed E-state index contributed by atoms with van der Waals surface area (Å²) in [5, 5.41) is 4.00. The summed E-state index contributed by atoms with van der Waals surface area (Å²) in [6, 6.07) is 7.68. The van der Waals surface area contributed by atoms with Gasteiger partial charge in [-0.2, -0.15) is 0 Å². The quantitative estimate of drug-likeness (QED) is 0.791. The van der Waals surface area contributed by atoms with E-state index in [2.05, 4.69) is 12.2 Å². The van der Waals surface area contributed by atoms with Crippen LogP contribution in [0.2, 0.25) is 5.02 Å². The minimum absolute atomic E-state index is 0.274. The van der Waals surface area contributed by atoms with Crippen LogP contribution in [0, 0.1) is 0 Å². The van der Waals surface area contributed by atoms with Gasteiger partial charge in [-0.15, -0.1) is 11.8 Å².